The van der Waals surface area contributed by atoms with Crippen LogP contribution in [0.15, 0.2) is 84.9 Å². The van der Waals surface area contributed by atoms with Crippen LogP contribution in [0, 0.1) is 6.92 Å². The highest BCUT2D eigenvalue weighted by Crippen LogP contribution is 2.37. The number of ether oxygens (including phenoxy) is 2. The van der Waals surface area contributed by atoms with Gasteiger partial charge in [-0.2, -0.15) is 21.6 Å². The summed E-state index contributed by atoms with van der Waals surface area (Å²) in [7, 11) is -4.41. The van der Waals surface area contributed by atoms with Crippen LogP contribution in [0.2, 0.25) is 0 Å². The van der Waals surface area contributed by atoms with E-state index < -0.39 is 45.2 Å². The molecule has 1 heterocycles. The lowest BCUT2D eigenvalue weighted by molar-refractivity contribution is -0.0510. The van der Waals surface area contributed by atoms with Crippen molar-refractivity contribution in [1.82, 2.24) is 5.32 Å². The molecule has 1 aliphatic rings. The van der Waals surface area contributed by atoms with Crippen molar-refractivity contribution in [1.29, 1.82) is 0 Å². The van der Waals surface area contributed by atoms with Gasteiger partial charge in [-0.05, 0) is 67.3 Å². The summed E-state index contributed by atoms with van der Waals surface area (Å²) in [5, 5.41) is 16.1. The average molecular weight is 726 g/mol. The van der Waals surface area contributed by atoms with E-state index in [0.717, 1.165) is 32.9 Å². The minimum Gasteiger partial charge on any atom is -0.484 e. The van der Waals surface area contributed by atoms with E-state index in [9.17, 15) is 31.5 Å². The molecule has 0 saturated carbocycles. The highest BCUT2D eigenvalue weighted by atomic mass is 32.2. The van der Waals surface area contributed by atoms with Crippen molar-refractivity contribution in [3.8, 4) is 5.75 Å². The third kappa shape index (κ3) is 8.41. The maximum atomic E-state index is 13.1. The molecule has 4 aromatic carbocycles. The molecule has 14 heteroatoms. The third-order valence-corrected chi connectivity index (χ3v) is 10.1. The van der Waals surface area contributed by atoms with Gasteiger partial charge < -0.3 is 28.7 Å². The number of esters is 1. The Labute approximate surface area is 295 Å². The number of hydrogen-bond donors (Lipinski definition) is 2. The van der Waals surface area contributed by atoms with E-state index in [4.69, 9.17) is 14.1 Å². The van der Waals surface area contributed by atoms with E-state index >= 15 is 0 Å². The minimum absolute atomic E-state index is 0.0918. The number of fused-ring (bicyclic) bond motifs is 2. The van der Waals surface area contributed by atoms with Crippen molar-refractivity contribution in [3.05, 3.63) is 113 Å². The van der Waals surface area contributed by atoms with E-state index in [0.29, 0.717) is 12.0 Å². The molecule has 2 N–H and O–H groups in total. The Hall–Kier alpha value is -4.37. The number of carbonyl (C=O) groups excluding carboxylic acids is 1. The van der Waals surface area contributed by atoms with E-state index in [1.807, 2.05) is 69.3 Å². The van der Waals surface area contributed by atoms with Crippen LogP contribution in [0.1, 0.15) is 59.4 Å². The fourth-order valence-corrected chi connectivity index (χ4v) is 6.41. The molecule has 4 atom stereocenters. The number of halogens is 3. The standard InChI is InChI=1S/C37H39BF3NO8S/c1-22-16-17-26(18-32(22)35(44)47-5)38-50-36(4,24(3)43)20-25-10-8-14-30-28(12-9-13-29(25)30)23(2)42-21-27-19-34(49-51(45,46)37(39,40)41)31-11-6-7-15-33(31)48-27/h6-19,23-24,27,38,42-43H,20-21H2,1-5H3/t23-,24?,27-,36?/m1/s1. The SMILES string of the molecule is COC(=O)c1cc(BOC(C)(Cc2cccc3c([C@@H](C)NC[C@H]4C=C(OS(=O)(=O)C(F)(F)F)c5ccccc5O4)cccc23)C(C)O)ccc1C. The Morgan fingerprint density at radius 3 is 2.43 bits per heavy atom. The first-order valence-corrected chi connectivity index (χ1v) is 17.7. The van der Waals surface area contributed by atoms with Crippen LogP contribution in [0.3, 0.4) is 0 Å². The van der Waals surface area contributed by atoms with Gasteiger partial charge in [0.2, 0.25) is 0 Å². The lowest BCUT2D eigenvalue weighted by Gasteiger charge is -2.34. The number of para-hydroxylation sites is 1. The summed E-state index contributed by atoms with van der Waals surface area (Å²) in [6, 6.07) is 23.0. The summed E-state index contributed by atoms with van der Waals surface area (Å²) >= 11 is 0. The number of alkyl halides is 3. The van der Waals surface area contributed by atoms with Crippen LogP contribution in [0.4, 0.5) is 13.2 Å². The monoisotopic (exact) mass is 725 g/mol. The van der Waals surface area contributed by atoms with Gasteiger partial charge in [0.05, 0.1) is 29.9 Å². The lowest BCUT2D eigenvalue weighted by atomic mass is 9.81. The fraction of sp³-hybridized carbons (Fsp3) is 0.324. The molecule has 0 amide bonds. The van der Waals surface area contributed by atoms with Crippen molar-refractivity contribution in [2.45, 2.75) is 63.5 Å². The maximum Gasteiger partial charge on any atom is 0.534 e. The topological polar surface area (TPSA) is 120 Å². The normalized spacial score (nSPS) is 17.0. The largest absolute Gasteiger partial charge is 0.534 e. The Morgan fingerprint density at radius 2 is 1.73 bits per heavy atom. The zero-order valence-electron chi connectivity index (χ0n) is 28.8. The summed E-state index contributed by atoms with van der Waals surface area (Å²) in [5.74, 6) is -0.708. The van der Waals surface area contributed by atoms with Crippen LogP contribution in [0.25, 0.3) is 16.5 Å². The van der Waals surface area contributed by atoms with Crippen LogP contribution >= 0.6 is 0 Å². The van der Waals surface area contributed by atoms with Crippen LogP contribution in [-0.4, -0.2) is 63.9 Å². The Morgan fingerprint density at radius 1 is 1.02 bits per heavy atom. The highest BCUT2D eigenvalue weighted by molar-refractivity contribution is 7.87. The number of hydrogen-bond acceptors (Lipinski definition) is 9. The van der Waals surface area contributed by atoms with E-state index in [1.54, 1.807) is 19.1 Å². The molecule has 5 rings (SSSR count). The van der Waals surface area contributed by atoms with Crippen molar-refractivity contribution in [2.75, 3.05) is 13.7 Å². The average Bonchev–Trinajstić information content (AvgIpc) is 3.09. The van der Waals surface area contributed by atoms with Gasteiger partial charge in [-0.25, -0.2) is 4.79 Å². The zero-order valence-corrected chi connectivity index (χ0v) is 29.6. The van der Waals surface area contributed by atoms with Crippen LogP contribution in [-0.2, 0) is 30.1 Å². The van der Waals surface area contributed by atoms with Gasteiger partial charge in [0.15, 0.2) is 5.76 Å². The first-order chi connectivity index (χ1) is 24.0. The van der Waals surface area contributed by atoms with Gasteiger partial charge >= 0.3 is 29.1 Å². The molecule has 0 spiro atoms. The second-order valence-electron chi connectivity index (χ2n) is 12.8. The molecule has 0 aliphatic carbocycles. The molecular formula is C37H39BF3NO8S. The van der Waals surface area contributed by atoms with E-state index in [2.05, 4.69) is 9.50 Å². The van der Waals surface area contributed by atoms with Crippen molar-refractivity contribution in [3.63, 3.8) is 0 Å². The van der Waals surface area contributed by atoms with Crippen molar-refractivity contribution in [2.24, 2.45) is 0 Å². The van der Waals surface area contributed by atoms with Gasteiger partial charge in [0, 0.05) is 25.1 Å². The second kappa shape index (κ2) is 15.1. The Bertz CT molecular complexity index is 2050. The zero-order chi connectivity index (χ0) is 37.1. The number of carbonyl (C=O) groups is 1. The van der Waals surface area contributed by atoms with Gasteiger partial charge in [0.25, 0.3) is 0 Å². The third-order valence-electron chi connectivity index (χ3n) is 9.09. The molecule has 1 aliphatic heterocycles. The molecule has 0 radical (unpaired) electrons. The summed E-state index contributed by atoms with van der Waals surface area (Å²) in [4.78, 5) is 12.2. The molecule has 9 nitrogen and oxygen atoms in total. The molecule has 2 unspecified atom stereocenters. The predicted octanol–water partition coefficient (Wildman–Crippen LogP) is 5.63. The molecule has 0 saturated heterocycles. The number of benzene rings is 4. The number of aliphatic hydroxyl groups is 1. The number of aliphatic hydroxyl groups excluding tert-OH is 1. The summed E-state index contributed by atoms with van der Waals surface area (Å²) in [6.45, 7) is 7.39. The number of nitrogens with one attached hydrogen (secondary N) is 1. The smallest absolute Gasteiger partial charge is 0.484 e. The van der Waals surface area contributed by atoms with Crippen molar-refractivity contribution < 1.29 is 49.8 Å². The van der Waals surface area contributed by atoms with Gasteiger partial charge in [-0.1, -0.05) is 72.2 Å². The fourth-order valence-electron chi connectivity index (χ4n) is 5.94. The number of methoxy groups -OCH3 is 1. The van der Waals surface area contributed by atoms with Gasteiger partial charge in [0.1, 0.15) is 11.9 Å². The molecular weight excluding hydrogens is 686 g/mol. The van der Waals surface area contributed by atoms with Crippen LogP contribution < -0.4 is 15.5 Å². The molecule has 4 aromatic rings. The van der Waals surface area contributed by atoms with Crippen LogP contribution in [0.5, 0.6) is 5.75 Å². The molecule has 270 valence electrons. The molecule has 0 bridgehead atoms. The van der Waals surface area contributed by atoms with E-state index in [1.165, 1.54) is 31.4 Å². The number of rotatable bonds is 13. The minimum atomic E-state index is -5.90. The summed E-state index contributed by atoms with van der Waals surface area (Å²) in [6.07, 6.45) is -0.105. The van der Waals surface area contributed by atoms with Crippen molar-refractivity contribution >= 4 is 45.6 Å². The Kier molecular flexibility index (Phi) is 11.2. The van der Waals surface area contributed by atoms with Gasteiger partial charge in [-0.15, -0.1) is 0 Å². The summed E-state index contributed by atoms with van der Waals surface area (Å²) in [5.41, 5.74) is -2.64. The predicted molar refractivity (Wildman–Crippen MR) is 189 cm³/mol. The van der Waals surface area contributed by atoms with Gasteiger partial charge in [-0.3, -0.25) is 0 Å². The lowest BCUT2D eigenvalue weighted by Crippen LogP contribution is -2.45. The molecule has 0 fully saturated rings. The quantitative estimate of drug-likeness (QED) is 0.0783. The van der Waals surface area contributed by atoms with E-state index in [-0.39, 0.29) is 31.4 Å². The molecule has 51 heavy (non-hydrogen) atoms. The maximum absolute atomic E-state index is 13.1. The first-order valence-electron chi connectivity index (χ1n) is 16.3. The molecule has 0 aromatic heterocycles. The summed E-state index contributed by atoms with van der Waals surface area (Å²) < 4.78 is 84.9. The first kappa shape index (κ1) is 37.9. The second-order valence-corrected chi connectivity index (χ2v) is 14.3. The Balaban J connectivity index is 1.34. The highest BCUT2D eigenvalue weighted by Gasteiger charge is 2.49. The number of aryl methyl sites for hydroxylation is 1.